The quantitative estimate of drug-likeness (QED) is 0.613. The lowest BCUT2D eigenvalue weighted by atomic mass is 10.3. The topological polar surface area (TPSA) is 84.7 Å². The summed E-state index contributed by atoms with van der Waals surface area (Å²) in [5, 5.41) is 0. The van der Waals surface area contributed by atoms with Crippen molar-refractivity contribution in [3.05, 3.63) is 24.3 Å². The number of sulfonamides is 1. The van der Waals surface area contributed by atoms with Gasteiger partial charge in [0, 0.05) is 18.8 Å². The molecule has 1 aliphatic rings. The summed E-state index contributed by atoms with van der Waals surface area (Å²) in [6.45, 7) is 3.08. The van der Waals surface area contributed by atoms with Crippen LogP contribution in [0.25, 0.3) is 0 Å². The number of morpholine rings is 1. The van der Waals surface area contributed by atoms with Gasteiger partial charge in [-0.3, -0.25) is 5.84 Å². The molecule has 100 valence electrons. The minimum atomic E-state index is -3.44. The van der Waals surface area contributed by atoms with E-state index in [-0.39, 0.29) is 11.0 Å². The first-order chi connectivity index (χ1) is 8.54. The van der Waals surface area contributed by atoms with Crippen LogP contribution in [0, 0.1) is 0 Å². The predicted molar refractivity (Wildman–Crippen MR) is 68.4 cm³/mol. The Hall–Kier alpha value is -1.15. The van der Waals surface area contributed by atoms with Gasteiger partial charge in [0.15, 0.2) is 0 Å². The van der Waals surface area contributed by atoms with Crippen LogP contribution in [0.1, 0.15) is 6.92 Å². The lowest BCUT2D eigenvalue weighted by Crippen LogP contribution is -2.44. The van der Waals surface area contributed by atoms with Gasteiger partial charge in [-0.25, -0.2) is 8.42 Å². The summed E-state index contributed by atoms with van der Waals surface area (Å²) in [6, 6.07) is 6.36. The van der Waals surface area contributed by atoms with Gasteiger partial charge in [-0.2, -0.15) is 4.31 Å². The van der Waals surface area contributed by atoms with E-state index >= 15 is 0 Å². The van der Waals surface area contributed by atoms with Gasteiger partial charge in [0.05, 0.1) is 17.6 Å². The first-order valence-electron chi connectivity index (χ1n) is 5.72. The van der Waals surface area contributed by atoms with Crippen LogP contribution in [0.5, 0.6) is 0 Å². The molecule has 1 atom stereocenters. The summed E-state index contributed by atoms with van der Waals surface area (Å²) >= 11 is 0. The lowest BCUT2D eigenvalue weighted by molar-refractivity contribution is 0.0102. The van der Waals surface area contributed by atoms with Crippen molar-refractivity contribution < 1.29 is 13.2 Å². The Kier molecular flexibility index (Phi) is 3.86. The molecule has 6 nitrogen and oxygen atoms in total. The second kappa shape index (κ2) is 5.23. The van der Waals surface area contributed by atoms with Crippen LogP contribution in [0.2, 0.25) is 0 Å². The summed E-state index contributed by atoms with van der Waals surface area (Å²) in [6.07, 6.45) is -0.0708. The largest absolute Gasteiger partial charge is 0.376 e. The van der Waals surface area contributed by atoms with Gasteiger partial charge < -0.3 is 10.2 Å². The molecule has 1 heterocycles. The predicted octanol–water partition coefficient (Wildman–Crippen LogP) is 0.382. The standard InChI is InChI=1S/C11H17N3O3S/c1-9-8-14(6-7-17-9)18(15,16)11-4-2-10(13-12)3-5-11/h2-5,9,13H,6-8,12H2,1H3. The van der Waals surface area contributed by atoms with Crippen LogP contribution >= 0.6 is 0 Å². The van der Waals surface area contributed by atoms with E-state index in [4.69, 9.17) is 10.6 Å². The lowest BCUT2D eigenvalue weighted by Gasteiger charge is -2.30. The monoisotopic (exact) mass is 271 g/mol. The average molecular weight is 271 g/mol. The molecule has 0 saturated carbocycles. The Labute approximate surface area is 107 Å². The highest BCUT2D eigenvalue weighted by Gasteiger charge is 2.28. The molecular weight excluding hydrogens is 254 g/mol. The molecule has 1 aliphatic heterocycles. The van der Waals surface area contributed by atoms with Crippen molar-refractivity contribution >= 4 is 15.7 Å². The average Bonchev–Trinajstić information content (AvgIpc) is 2.39. The maximum atomic E-state index is 12.4. The van der Waals surface area contributed by atoms with Gasteiger partial charge in [0.25, 0.3) is 0 Å². The zero-order chi connectivity index (χ0) is 13.2. The molecule has 0 amide bonds. The molecule has 1 aromatic rings. The Morgan fingerprint density at radius 3 is 2.61 bits per heavy atom. The Balaban J connectivity index is 2.23. The van der Waals surface area contributed by atoms with E-state index in [9.17, 15) is 8.42 Å². The molecule has 0 spiro atoms. The van der Waals surface area contributed by atoms with Crippen LogP contribution in [0.3, 0.4) is 0 Å². The van der Waals surface area contributed by atoms with E-state index < -0.39 is 10.0 Å². The van der Waals surface area contributed by atoms with Crippen molar-refractivity contribution in [2.75, 3.05) is 25.1 Å². The Morgan fingerprint density at radius 1 is 1.39 bits per heavy atom. The van der Waals surface area contributed by atoms with Crippen molar-refractivity contribution in [3.63, 3.8) is 0 Å². The third kappa shape index (κ3) is 2.64. The fourth-order valence-corrected chi connectivity index (χ4v) is 3.38. The SMILES string of the molecule is CC1CN(S(=O)(=O)c2ccc(NN)cc2)CCO1. The summed E-state index contributed by atoms with van der Waals surface area (Å²) in [5.74, 6) is 5.24. The van der Waals surface area contributed by atoms with Crippen molar-refractivity contribution in [3.8, 4) is 0 Å². The van der Waals surface area contributed by atoms with Gasteiger partial charge in [0.1, 0.15) is 0 Å². The molecule has 1 aromatic carbocycles. The third-order valence-corrected chi connectivity index (χ3v) is 4.74. The first kappa shape index (κ1) is 13.3. The number of ether oxygens (including phenoxy) is 1. The van der Waals surface area contributed by atoms with Crippen LogP contribution < -0.4 is 11.3 Å². The fraction of sp³-hybridized carbons (Fsp3) is 0.455. The van der Waals surface area contributed by atoms with E-state index in [1.807, 2.05) is 6.92 Å². The van der Waals surface area contributed by atoms with Crippen LogP contribution in [0.4, 0.5) is 5.69 Å². The van der Waals surface area contributed by atoms with Crippen LogP contribution in [-0.4, -0.2) is 38.5 Å². The zero-order valence-electron chi connectivity index (χ0n) is 10.2. The third-order valence-electron chi connectivity index (χ3n) is 2.86. The van der Waals surface area contributed by atoms with E-state index in [1.54, 1.807) is 24.3 Å². The Morgan fingerprint density at radius 2 is 2.06 bits per heavy atom. The number of nitrogen functional groups attached to an aromatic ring is 1. The zero-order valence-corrected chi connectivity index (χ0v) is 11.0. The maximum absolute atomic E-state index is 12.4. The molecule has 1 fully saturated rings. The minimum absolute atomic E-state index is 0.0708. The minimum Gasteiger partial charge on any atom is -0.376 e. The smallest absolute Gasteiger partial charge is 0.243 e. The van der Waals surface area contributed by atoms with E-state index in [0.29, 0.717) is 25.4 Å². The van der Waals surface area contributed by atoms with E-state index in [2.05, 4.69) is 5.43 Å². The second-order valence-corrected chi connectivity index (χ2v) is 6.15. The summed E-state index contributed by atoms with van der Waals surface area (Å²) in [4.78, 5) is 0.274. The first-order valence-corrected chi connectivity index (χ1v) is 7.16. The number of rotatable bonds is 3. The number of hydrazine groups is 1. The molecule has 3 N–H and O–H groups in total. The van der Waals surface area contributed by atoms with E-state index in [1.165, 1.54) is 4.31 Å². The van der Waals surface area contributed by atoms with Gasteiger partial charge in [-0.15, -0.1) is 0 Å². The van der Waals surface area contributed by atoms with Crippen molar-refractivity contribution in [2.45, 2.75) is 17.9 Å². The van der Waals surface area contributed by atoms with Gasteiger partial charge >= 0.3 is 0 Å². The molecule has 1 saturated heterocycles. The van der Waals surface area contributed by atoms with Crippen LogP contribution in [0.15, 0.2) is 29.2 Å². The van der Waals surface area contributed by atoms with Gasteiger partial charge in [-0.1, -0.05) is 0 Å². The number of anilines is 1. The van der Waals surface area contributed by atoms with Crippen molar-refractivity contribution in [2.24, 2.45) is 5.84 Å². The molecule has 1 unspecified atom stereocenters. The second-order valence-electron chi connectivity index (χ2n) is 4.21. The molecule has 7 heteroatoms. The molecular formula is C11H17N3O3S. The number of nitrogens with two attached hydrogens (primary N) is 1. The summed E-state index contributed by atoms with van der Waals surface area (Å²) in [7, 11) is -3.44. The summed E-state index contributed by atoms with van der Waals surface area (Å²) < 4.78 is 31.5. The fourth-order valence-electron chi connectivity index (χ4n) is 1.88. The number of hydrogen-bond donors (Lipinski definition) is 2. The summed E-state index contributed by atoms with van der Waals surface area (Å²) in [5.41, 5.74) is 3.13. The normalized spacial score (nSPS) is 21.8. The molecule has 0 bridgehead atoms. The van der Waals surface area contributed by atoms with Gasteiger partial charge in [-0.05, 0) is 31.2 Å². The highest BCUT2D eigenvalue weighted by atomic mass is 32.2. The highest BCUT2D eigenvalue weighted by Crippen LogP contribution is 2.20. The molecule has 0 aromatic heterocycles. The number of nitrogens with zero attached hydrogens (tertiary/aromatic N) is 1. The number of hydrogen-bond acceptors (Lipinski definition) is 5. The molecule has 18 heavy (non-hydrogen) atoms. The molecule has 0 aliphatic carbocycles. The highest BCUT2D eigenvalue weighted by molar-refractivity contribution is 7.89. The molecule has 0 radical (unpaired) electrons. The van der Waals surface area contributed by atoms with E-state index in [0.717, 1.165) is 0 Å². The van der Waals surface area contributed by atoms with Crippen molar-refractivity contribution in [1.29, 1.82) is 0 Å². The number of nitrogens with one attached hydrogen (secondary N) is 1. The van der Waals surface area contributed by atoms with Crippen LogP contribution in [-0.2, 0) is 14.8 Å². The maximum Gasteiger partial charge on any atom is 0.243 e. The van der Waals surface area contributed by atoms with Gasteiger partial charge in [0.2, 0.25) is 10.0 Å². The molecule has 2 rings (SSSR count). The number of benzene rings is 1. The van der Waals surface area contributed by atoms with Crippen molar-refractivity contribution in [1.82, 2.24) is 4.31 Å². The Bertz CT molecular complexity index is 501.